The van der Waals surface area contributed by atoms with Gasteiger partial charge in [0.15, 0.2) is 0 Å². The van der Waals surface area contributed by atoms with Crippen LogP contribution in [0.2, 0.25) is 0 Å². The first kappa shape index (κ1) is 17.4. The standard InChI is InChI=1S/C20H34O3/c1-18(17(23)12-21)9-10-20(3)14(11-18)6-7-15-16(20)5-4-8-19(15,2)13-22/h7,14,16-17,21-23H,4-6,8-13H2,1-3H3/t14-,16-,17-,18-,19-,20-/m0/s1. The van der Waals surface area contributed by atoms with Gasteiger partial charge in [0.05, 0.1) is 19.3 Å². The molecule has 0 unspecified atom stereocenters. The van der Waals surface area contributed by atoms with Crippen LogP contribution in [-0.4, -0.2) is 34.6 Å². The van der Waals surface area contributed by atoms with Gasteiger partial charge in [-0.2, -0.15) is 0 Å². The molecule has 3 nitrogen and oxygen atoms in total. The van der Waals surface area contributed by atoms with Crippen LogP contribution in [0.3, 0.4) is 0 Å². The van der Waals surface area contributed by atoms with Gasteiger partial charge >= 0.3 is 0 Å². The van der Waals surface area contributed by atoms with Crippen molar-refractivity contribution in [3.63, 3.8) is 0 Å². The molecule has 3 aliphatic carbocycles. The first-order valence-electron chi connectivity index (χ1n) is 9.39. The first-order valence-corrected chi connectivity index (χ1v) is 9.39. The van der Waals surface area contributed by atoms with Crippen LogP contribution in [0.15, 0.2) is 11.6 Å². The number of fused-ring (bicyclic) bond motifs is 3. The van der Waals surface area contributed by atoms with Gasteiger partial charge < -0.3 is 15.3 Å². The van der Waals surface area contributed by atoms with Crippen molar-refractivity contribution in [3.05, 3.63) is 11.6 Å². The van der Waals surface area contributed by atoms with Gasteiger partial charge in [-0.3, -0.25) is 0 Å². The lowest BCUT2D eigenvalue weighted by Gasteiger charge is -2.59. The van der Waals surface area contributed by atoms with E-state index in [0.29, 0.717) is 11.8 Å². The van der Waals surface area contributed by atoms with Crippen LogP contribution in [0.4, 0.5) is 0 Å². The van der Waals surface area contributed by atoms with E-state index in [9.17, 15) is 15.3 Å². The minimum atomic E-state index is -0.605. The van der Waals surface area contributed by atoms with Crippen molar-refractivity contribution in [2.75, 3.05) is 13.2 Å². The third-order valence-corrected chi connectivity index (χ3v) is 7.92. The van der Waals surface area contributed by atoms with Crippen LogP contribution in [0.1, 0.15) is 65.7 Å². The van der Waals surface area contributed by atoms with Crippen molar-refractivity contribution >= 4 is 0 Å². The highest BCUT2D eigenvalue weighted by molar-refractivity contribution is 5.27. The average molecular weight is 322 g/mol. The van der Waals surface area contributed by atoms with Crippen molar-refractivity contribution in [3.8, 4) is 0 Å². The Kier molecular flexibility index (Phi) is 4.44. The van der Waals surface area contributed by atoms with Crippen LogP contribution in [-0.2, 0) is 0 Å². The van der Waals surface area contributed by atoms with Gasteiger partial charge in [-0.25, -0.2) is 0 Å². The topological polar surface area (TPSA) is 60.7 Å². The quantitative estimate of drug-likeness (QED) is 0.699. The van der Waals surface area contributed by atoms with Crippen molar-refractivity contribution < 1.29 is 15.3 Å². The highest BCUT2D eigenvalue weighted by atomic mass is 16.3. The third-order valence-electron chi connectivity index (χ3n) is 7.92. The molecule has 3 rings (SSSR count). The average Bonchev–Trinajstić information content (AvgIpc) is 2.55. The lowest BCUT2D eigenvalue weighted by Crippen LogP contribution is -2.52. The molecule has 0 aliphatic heterocycles. The lowest BCUT2D eigenvalue weighted by molar-refractivity contribution is -0.0927. The fourth-order valence-electron chi connectivity index (χ4n) is 5.92. The Bertz CT molecular complexity index is 487. The summed E-state index contributed by atoms with van der Waals surface area (Å²) < 4.78 is 0. The van der Waals surface area contributed by atoms with E-state index in [2.05, 4.69) is 26.8 Å². The summed E-state index contributed by atoms with van der Waals surface area (Å²) in [6.07, 6.45) is 9.54. The second-order valence-corrected chi connectivity index (χ2v) is 9.32. The Hall–Kier alpha value is -0.380. The van der Waals surface area contributed by atoms with Gasteiger partial charge in [0.25, 0.3) is 0 Å². The van der Waals surface area contributed by atoms with Gasteiger partial charge in [-0.1, -0.05) is 38.8 Å². The molecule has 0 heterocycles. The van der Waals surface area contributed by atoms with E-state index in [-0.39, 0.29) is 29.5 Å². The summed E-state index contributed by atoms with van der Waals surface area (Å²) in [5.41, 5.74) is 1.62. The predicted octanol–water partition coefficient (Wildman–Crippen LogP) is 3.28. The fourth-order valence-corrected chi connectivity index (χ4v) is 5.92. The normalized spacial score (nSPS) is 48.2. The van der Waals surface area contributed by atoms with Gasteiger partial charge in [-0.15, -0.1) is 0 Å². The zero-order valence-corrected chi connectivity index (χ0v) is 15.0. The zero-order chi connectivity index (χ0) is 16.9. The molecule has 0 amide bonds. The molecule has 23 heavy (non-hydrogen) atoms. The van der Waals surface area contributed by atoms with Crippen LogP contribution in [0.25, 0.3) is 0 Å². The monoisotopic (exact) mass is 322 g/mol. The molecule has 0 bridgehead atoms. The molecule has 0 aromatic rings. The van der Waals surface area contributed by atoms with Crippen molar-refractivity contribution in [2.45, 2.75) is 71.8 Å². The van der Waals surface area contributed by atoms with E-state index >= 15 is 0 Å². The summed E-state index contributed by atoms with van der Waals surface area (Å²) in [5.74, 6) is 1.17. The molecule has 3 aliphatic rings. The van der Waals surface area contributed by atoms with E-state index in [1.54, 1.807) is 0 Å². The Balaban J connectivity index is 1.90. The molecule has 0 aromatic heterocycles. The zero-order valence-electron chi connectivity index (χ0n) is 15.0. The number of aliphatic hydroxyl groups is 3. The fraction of sp³-hybridized carbons (Fsp3) is 0.900. The Labute approximate surface area is 140 Å². The SMILES string of the molecule is C[C@@]1(CO)CCC[C@H]2C1=CC[C@H]1C[C@@](C)([C@@H](O)CO)CC[C@@]12C. The molecule has 2 fully saturated rings. The van der Waals surface area contributed by atoms with Gasteiger partial charge in [0, 0.05) is 5.41 Å². The molecule has 0 radical (unpaired) electrons. The Morgan fingerprint density at radius 3 is 2.57 bits per heavy atom. The van der Waals surface area contributed by atoms with Crippen molar-refractivity contribution in [2.24, 2.45) is 28.1 Å². The maximum Gasteiger partial charge on any atom is 0.0824 e. The summed E-state index contributed by atoms with van der Waals surface area (Å²) in [4.78, 5) is 0. The minimum absolute atomic E-state index is 0.0255. The lowest BCUT2D eigenvalue weighted by atomic mass is 9.46. The molecule has 0 saturated heterocycles. The second kappa shape index (κ2) is 5.86. The van der Waals surface area contributed by atoms with E-state index in [0.717, 1.165) is 32.1 Å². The summed E-state index contributed by atoms with van der Waals surface area (Å²) in [6.45, 7) is 6.95. The Morgan fingerprint density at radius 1 is 1.17 bits per heavy atom. The maximum absolute atomic E-state index is 10.3. The summed E-state index contributed by atoms with van der Waals surface area (Å²) in [7, 11) is 0. The number of aliphatic hydroxyl groups excluding tert-OH is 3. The highest BCUT2D eigenvalue weighted by Gasteiger charge is 2.55. The van der Waals surface area contributed by atoms with Crippen LogP contribution in [0, 0.1) is 28.1 Å². The van der Waals surface area contributed by atoms with Crippen LogP contribution in [0.5, 0.6) is 0 Å². The van der Waals surface area contributed by atoms with E-state index in [4.69, 9.17) is 0 Å². The van der Waals surface area contributed by atoms with Gasteiger partial charge in [0.1, 0.15) is 0 Å². The molecule has 0 aromatic carbocycles. The predicted molar refractivity (Wildman–Crippen MR) is 91.9 cm³/mol. The summed E-state index contributed by atoms with van der Waals surface area (Å²) in [6, 6.07) is 0. The Morgan fingerprint density at radius 2 is 1.91 bits per heavy atom. The molecule has 3 N–H and O–H groups in total. The van der Waals surface area contributed by atoms with E-state index in [1.165, 1.54) is 18.4 Å². The van der Waals surface area contributed by atoms with Crippen molar-refractivity contribution in [1.29, 1.82) is 0 Å². The number of hydrogen-bond donors (Lipinski definition) is 3. The van der Waals surface area contributed by atoms with E-state index in [1.807, 2.05) is 0 Å². The first-order chi connectivity index (χ1) is 10.8. The molecule has 2 saturated carbocycles. The molecular formula is C20H34O3. The molecule has 0 spiro atoms. The van der Waals surface area contributed by atoms with Crippen LogP contribution >= 0.6 is 0 Å². The third kappa shape index (κ3) is 2.60. The number of hydrogen-bond acceptors (Lipinski definition) is 3. The summed E-state index contributed by atoms with van der Waals surface area (Å²) >= 11 is 0. The summed E-state index contributed by atoms with van der Waals surface area (Å²) in [5, 5.41) is 29.6. The molecule has 132 valence electrons. The maximum atomic E-state index is 10.3. The van der Waals surface area contributed by atoms with E-state index < -0.39 is 6.10 Å². The molecular weight excluding hydrogens is 288 g/mol. The second-order valence-electron chi connectivity index (χ2n) is 9.32. The largest absolute Gasteiger partial charge is 0.395 e. The smallest absolute Gasteiger partial charge is 0.0824 e. The minimum Gasteiger partial charge on any atom is -0.395 e. The van der Waals surface area contributed by atoms with Gasteiger partial charge in [-0.05, 0) is 61.2 Å². The highest BCUT2D eigenvalue weighted by Crippen LogP contribution is 2.63. The van der Waals surface area contributed by atoms with Crippen LogP contribution < -0.4 is 0 Å². The number of allylic oxidation sites excluding steroid dienone is 1. The molecule has 6 atom stereocenters. The number of rotatable bonds is 3. The van der Waals surface area contributed by atoms with Crippen molar-refractivity contribution in [1.82, 2.24) is 0 Å². The molecule has 3 heteroatoms. The van der Waals surface area contributed by atoms with Gasteiger partial charge in [0.2, 0.25) is 0 Å².